The van der Waals surface area contributed by atoms with Gasteiger partial charge in [-0.05, 0) is 45.9 Å². The minimum atomic E-state index is -2.07. The van der Waals surface area contributed by atoms with Crippen LogP contribution in [0.5, 0.6) is 0 Å². The molecule has 1 aliphatic heterocycles. The Bertz CT molecular complexity index is 1620. The van der Waals surface area contributed by atoms with E-state index >= 15 is 0 Å². The lowest BCUT2D eigenvalue weighted by atomic mass is 9.60. The van der Waals surface area contributed by atoms with Crippen LogP contribution in [0.1, 0.15) is 64.6 Å². The van der Waals surface area contributed by atoms with Gasteiger partial charge in [-0.15, -0.1) is 0 Å². The summed E-state index contributed by atoms with van der Waals surface area (Å²) in [6.45, 7) is 0. The summed E-state index contributed by atoms with van der Waals surface area (Å²) in [7, 11) is 0. The van der Waals surface area contributed by atoms with Gasteiger partial charge in [0.15, 0.2) is 11.6 Å². The van der Waals surface area contributed by atoms with Crippen molar-refractivity contribution in [3.05, 3.63) is 140 Å². The van der Waals surface area contributed by atoms with Gasteiger partial charge >= 0.3 is 0 Å². The molecule has 0 radical (unpaired) electrons. The quantitative estimate of drug-likeness (QED) is 0.205. The standard InChI is InChI=1S/C32H19IO5/c33-20-16-14-18(15-17-20)25-31(26(34)21-10-4-5-11-22(21)27(31)35)30(19-8-2-1-3-9-19)38-32(25)28(36)23-12-6-7-13-24(23)29(32)37/h1-17,25,30H. The monoisotopic (exact) mass is 610 g/mol. The lowest BCUT2D eigenvalue weighted by molar-refractivity contribution is -0.0210. The Labute approximate surface area is 232 Å². The third-order valence-corrected chi connectivity index (χ3v) is 8.86. The van der Waals surface area contributed by atoms with Gasteiger partial charge in [-0.3, -0.25) is 19.2 Å². The molecule has 184 valence electrons. The lowest BCUT2D eigenvalue weighted by Gasteiger charge is -2.34. The predicted molar refractivity (Wildman–Crippen MR) is 148 cm³/mol. The van der Waals surface area contributed by atoms with Gasteiger partial charge in [0.1, 0.15) is 11.5 Å². The number of hydrogen-bond acceptors (Lipinski definition) is 5. The lowest BCUT2D eigenvalue weighted by Crippen LogP contribution is -2.51. The van der Waals surface area contributed by atoms with Gasteiger partial charge in [-0.1, -0.05) is 91.0 Å². The highest BCUT2D eigenvalue weighted by molar-refractivity contribution is 14.1. The van der Waals surface area contributed by atoms with Gasteiger partial charge in [0, 0.05) is 25.8 Å². The fourth-order valence-electron chi connectivity index (χ4n) is 6.61. The second kappa shape index (κ2) is 8.12. The molecule has 2 unspecified atom stereocenters. The number of benzene rings is 4. The van der Waals surface area contributed by atoms with E-state index in [-0.39, 0.29) is 22.3 Å². The predicted octanol–water partition coefficient (Wildman–Crippen LogP) is 6.03. The molecule has 5 nitrogen and oxygen atoms in total. The van der Waals surface area contributed by atoms with Crippen molar-refractivity contribution >= 4 is 45.7 Å². The number of hydrogen-bond donors (Lipinski definition) is 0. The molecule has 6 heteroatoms. The molecule has 2 spiro atoms. The highest BCUT2D eigenvalue weighted by Crippen LogP contribution is 2.67. The van der Waals surface area contributed by atoms with Crippen LogP contribution >= 0.6 is 22.6 Å². The molecule has 0 N–H and O–H groups in total. The van der Waals surface area contributed by atoms with E-state index in [9.17, 15) is 19.2 Å². The Hall–Kier alpha value is -3.75. The fourth-order valence-corrected chi connectivity index (χ4v) is 6.97. The molecule has 2 aliphatic carbocycles. The number of carbonyl (C=O) groups is 4. The normalized spacial score (nSPS) is 22.3. The molecule has 3 aliphatic rings. The molecule has 1 saturated heterocycles. The van der Waals surface area contributed by atoms with Gasteiger partial charge in [0.2, 0.25) is 17.2 Å². The molecule has 0 amide bonds. The number of halogens is 1. The smallest absolute Gasteiger partial charge is 0.204 e. The van der Waals surface area contributed by atoms with Crippen molar-refractivity contribution in [1.29, 1.82) is 0 Å². The van der Waals surface area contributed by atoms with Crippen molar-refractivity contribution in [1.82, 2.24) is 0 Å². The molecule has 0 aromatic heterocycles. The van der Waals surface area contributed by atoms with Gasteiger partial charge in [-0.2, -0.15) is 0 Å². The van der Waals surface area contributed by atoms with Crippen molar-refractivity contribution in [2.45, 2.75) is 17.6 Å². The average Bonchev–Trinajstić information content (AvgIpc) is 3.48. The Morgan fingerprint density at radius 1 is 0.526 bits per heavy atom. The van der Waals surface area contributed by atoms with Crippen LogP contribution in [0.4, 0.5) is 0 Å². The second-order valence-corrected chi connectivity index (χ2v) is 11.2. The summed E-state index contributed by atoms with van der Waals surface area (Å²) in [5.41, 5.74) is -1.76. The molecule has 0 bridgehead atoms. The molecule has 4 aromatic rings. The average molecular weight is 610 g/mol. The first-order chi connectivity index (χ1) is 18.4. The summed E-state index contributed by atoms with van der Waals surface area (Å²) < 4.78 is 7.61. The molecule has 4 aromatic carbocycles. The molecule has 1 heterocycles. The van der Waals surface area contributed by atoms with Crippen molar-refractivity contribution in [2.75, 3.05) is 0 Å². The molecule has 1 fully saturated rings. The van der Waals surface area contributed by atoms with E-state index in [1.807, 2.05) is 18.2 Å². The number of fused-ring (bicyclic) bond motifs is 2. The second-order valence-electron chi connectivity index (χ2n) is 9.91. The number of ether oxygens (including phenoxy) is 1. The summed E-state index contributed by atoms with van der Waals surface area (Å²) in [5, 5.41) is 0. The van der Waals surface area contributed by atoms with E-state index in [4.69, 9.17) is 4.74 Å². The largest absolute Gasteiger partial charge is 0.348 e. The Morgan fingerprint density at radius 2 is 0.974 bits per heavy atom. The van der Waals surface area contributed by atoms with E-state index in [2.05, 4.69) is 22.6 Å². The molecule has 38 heavy (non-hydrogen) atoms. The zero-order valence-corrected chi connectivity index (χ0v) is 22.0. The zero-order chi connectivity index (χ0) is 26.2. The van der Waals surface area contributed by atoms with Gasteiger partial charge in [0.25, 0.3) is 0 Å². The molecule has 7 rings (SSSR count). The maximum Gasteiger partial charge on any atom is 0.204 e. The molecule has 0 saturated carbocycles. The van der Waals surface area contributed by atoms with Gasteiger partial charge in [0.05, 0.1) is 5.92 Å². The minimum absolute atomic E-state index is 0.243. The van der Waals surface area contributed by atoms with Crippen LogP contribution in [-0.2, 0) is 4.74 Å². The number of carbonyl (C=O) groups excluding carboxylic acids is 4. The number of rotatable bonds is 2. The van der Waals surface area contributed by atoms with Crippen LogP contribution in [0.2, 0.25) is 0 Å². The topological polar surface area (TPSA) is 77.5 Å². The first-order valence-electron chi connectivity index (χ1n) is 12.3. The van der Waals surface area contributed by atoms with Crippen molar-refractivity contribution in [3.8, 4) is 0 Å². The maximum absolute atomic E-state index is 14.6. The highest BCUT2D eigenvalue weighted by atomic mass is 127. The minimum Gasteiger partial charge on any atom is -0.348 e. The Morgan fingerprint density at radius 3 is 1.47 bits per heavy atom. The first-order valence-corrected chi connectivity index (χ1v) is 13.4. The first kappa shape index (κ1) is 23.4. The highest BCUT2D eigenvalue weighted by Gasteiger charge is 2.79. The summed E-state index contributed by atoms with van der Waals surface area (Å²) in [4.78, 5) is 57.8. The van der Waals surface area contributed by atoms with Crippen LogP contribution in [0.25, 0.3) is 0 Å². The van der Waals surface area contributed by atoms with Gasteiger partial charge < -0.3 is 4.74 Å². The Kier molecular flexibility index (Phi) is 5.00. The molecular formula is C32H19IO5. The van der Waals surface area contributed by atoms with Gasteiger partial charge in [-0.25, -0.2) is 0 Å². The third kappa shape index (κ3) is 2.74. The van der Waals surface area contributed by atoms with Crippen molar-refractivity contribution in [2.24, 2.45) is 5.41 Å². The van der Waals surface area contributed by atoms with Crippen LogP contribution in [0.3, 0.4) is 0 Å². The Balaban J connectivity index is 1.59. The van der Waals surface area contributed by atoms with Crippen LogP contribution in [-0.4, -0.2) is 28.7 Å². The fraction of sp³-hybridized carbons (Fsp3) is 0.125. The van der Waals surface area contributed by atoms with Crippen LogP contribution in [0, 0.1) is 8.99 Å². The van der Waals surface area contributed by atoms with Crippen molar-refractivity contribution < 1.29 is 23.9 Å². The summed E-state index contributed by atoms with van der Waals surface area (Å²) >= 11 is 2.17. The number of ketones is 4. The number of Topliss-reactive ketones (excluding diaryl/α,β-unsaturated/α-hetero) is 4. The zero-order valence-electron chi connectivity index (χ0n) is 19.9. The van der Waals surface area contributed by atoms with E-state index in [1.54, 1.807) is 84.9 Å². The van der Waals surface area contributed by atoms with E-state index in [1.165, 1.54) is 0 Å². The molecule has 2 atom stereocenters. The van der Waals surface area contributed by atoms with Crippen LogP contribution in [0.15, 0.2) is 103 Å². The SMILES string of the molecule is O=C1c2ccccc2C(=O)C12OC(c1ccccc1)C1(C(=O)c3ccccc3C1=O)C2c1ccc(I)cc1. The summed E-state index contributed by atoms with van der Waals surface area (Å²) in [5.74, 6) is -3.06. The summed E-state index contributed by atoms with van der Waals surface area (Å²) in [6, 6.07) is 29.5. The van der Waals surface area contributed by atoms with E-state index in [0.717, 1.165) is 3.57 Å². The summed E-state index contributed by atoms with van der Waals surface area (Å²) in [6.07, 6.45) is -1.15. The third-order valence-electron chi connectivity index (χ3n) is 8.14. The van der Waals surface area contributed by atoms with Crippen molar-refractivity contribution in [3.63, 3.8) is 0 Å². The van der Waals surface area contributed by atoms with E-state index in [0.29, 0.717) is 11.1 Å². The maximum atomic E-state index is 14.6. The van der Waals surface area contributed by atoms with E-state index < -0.39 is 46.2 Å². The van der Waals surface area contributed by atoms with Crippen LogP contribution < -0.4 is 0 Å². The molecular weight excluding hydrogens is 591 g/mol.